The fourth-order valence-electron chi connectivity index (χ4n) is 0. The van der Waals surface area contributed by atoms with E-state index in [4.69, 9.17) is 0 Å². The van der Waals surface area contributed by atoms with Gasteiger partial charge in [-0.2, -0.15) is 0 Å². The third kappa shape index (κ3) is 9.00. The van der Waals surface area contributed by atoms with E-state index in [1.165, 1.54) is 0 Å². The summed E-state index contributed by atoms with van der Waals surface area (Å²) in [6.07, 6.45) is 0. The summed E-state index contributed by atoms with van der Waals surface area (Å²) >= 11 is 0. The Morgan fingerprint density at radius 1 is 0.500 bits per heavy atom. The molecule has 0 unspecified atom stereocenters. The fourth-order valence-corrected chi connectivity index (χ4v) is 0. The van der Waals surface area contributed by atoms with Crippen LogP contribution in [-0.4, -0.2) is 0 Å². The molecule has 0 spiro atoms. The summed E-state index contributed by atoms with van der Waals surface area (Å²) < 4.78 is 0. The van der Waals surface area contributed by atoms with Crippen molar-refractivity contribution in [3.8, 4) is 0 Å². The minimum Gasteiger partial charge on any atom is -1.00 e. The maximum absolute atomic E-state index is 0. The van der Waals surface area contributed by atoms with Crippen molar-refractivity contribution >= 4 is 0 Å². The molecule has 4 heavy (non-hydrogen) atoms. The molecule has 0 nitrogen and oxygen atoms in total. The largest absolute Gasteiger partial charge is 3.00 e. The van der Waals surface area contributed by atoms with E-state index in [0.717, 1.165) is 0 Å². The van der Waals surface area contributed by atoms with Crippen LogP contribution in [0.4, 0.5) is 0 Å². The quantitative estimate of drug-likeness (QED) is 0.309. The Balaban J connectivity index is 0. The molecule has 0 radical (unpaired) electrons. The Hall–Kier alpha value is 3.29. The zero-order chi connectivity index (χ0) is 0. The maximum Gasteiger partial charge on any atom is 3.00 e. The third-order valence-electron chi connectivity index (χ3n) is 0. The zero-order valence-corrected chi connectivity index (χ0v) is 11.0. The van der Waals surface area contributed by atoms with Crippen molar-refractivity contribution < 1.29 is 105 Å². The second-order valence-electron chi connectivity index (χ2n) is 0. The normalized spacial score (nSPS) is 0. The molecule has 0 aromatic rings. The predicted molar refractivity (Wildman–Crippen MR) is 0 cm³/mol. The average molecular weight is 470 g/mol. The maximum atomic E-state index is 0. The number of halogens is 3. The summed E-state index contributed by atoms with van der Waals surface area (Å²) in [5.74, 6) is 0. The molecule has 0 atom stereocenters. The number of hydrogen-bond donors (Lipinski definition) is 0. The average Bonchev–Trinajstić information content (AvgIpc) is 0. The summed E-state index contributed by atoms with van der Waals surface area (Å²) in [6.45, 7) is 0. The fraction of sp³-hybridized carbons (Fsp3) is 0. The van der Waals surface area contributed by atoms with Crippen LogP contribution in [0, 0.1) is 0 Å². The molecule has 0 aliphatic carbocycles. The molecular formula is I3Y. The molecule has 0 aromatic heterocycles. The van der Waals surface area contributed by atoms with E-state index in [1.807, 2.05) is 0 Å². The molecule has 0 rings (SSSR count). The molecule has 24 valence electrons. The smallest absolute Gasteiger partial charge is 1.00 e. The van der Waals surface area contributed by atoms with Crippen molar-refractivity contribution in [2.75, 3.05) is 0 Å². The van der Waals surface area contributed by atoms with Gasteiger partial charge in [0, 0.05) is 0 Å². The van der Waals surface area contributed by atoms with Crippen LogP contribution in [0.25, 0.3) is 0 Å². The van der Waals surface area contributed by atoms with Gasteiger partial charge in [-0.15, -0.1) is 0 Å². The first kappa shape index (κ1) is 26.6. The Morgan fingerprint density at radius 2 is 0.500 bits per heavy atom. The summed E-state index contributed by atoms with van der Waals surface area (Å²) in [5, 5.41) is 0. The van der Waals surface area contributed by atoms with Crippen molar-refractivity contribution in [3.63, 3.8) is 0 Å². The van der Waals surface area contributed by atoms with Crippen LogP contribution in [0.15, 0.2) is 0 Å². The van der Waals surface area contributed by atoms with Crippen molar-refractivity contribution in [1.82, 2.24) is 0 Å². The molecule has 0 bridgehead atoms. The van der Waals surface area contributed by atoms with E-state index in [0.29, 0.717) is 0 Å². The Kier molecular flexibility index (Phi) is 108. The topological polar surface area (TPSA) is 0 Å². The van der Waals surface area contributed by atoms with Crippen LogP contribution < -0.4 is 71.9 Å². The van der Waals surface area contributed by atoms with Crippen LogP contribution in [0.2, 0.25) is 0 Å². The zero-order valence-electron chi connectivity index (χ0n) is 1.71. The Morgan fingerprint density at radius 3 is 0.500 bits per heavy atom. The van der Waals surface area contributed by atoms with Crippen LogP contribution in [-0.2, 0) is 32.7 Å². The Bertz CT molecular complexity index is 3.25. The van der Waals surface area contributed by atoms with Gasteiger partial charge in [0.1, 0.15) is 0 Å². The van der Waals surface area contributed by atoms with Gasteiger partial charge in [-0.1, -0.05) is 0 Å². The SMILES string of the molecule is [I-].[I-].[I-].[Y+3]. The first-order chi connectivity index (χ1) is 0. The van der Waals surface area contributed by atoms with Gasteiger partial charge in [0.25, 0.3) is 0 Å². The van der Waals surface area contributed by atoms with E-state index in [9.17, 15) is 0 Å². The van der Waals surface area contributed by atoms with Gasteiger partial charge >= 0.3 is 32.7 Å². The van der Waals surface area contributed by atoms with E-state index in [2.05, 4.69) is 0 Å². The molecule has 0 heterocycles. The standard InChI is InChI=1S/3HI.Y/h3*1H;/q;;;+3/p-3. The monoisotopic (exact) mass is 470 g/mol. The Labute approximate surface area is 102 Å². The molecule has 0 fully saturated rings. The molecule has 0 saturated carbocycles. The van der Waals surface area contributed by atoms with E-state index >= 15 is 0 Å². The molecule has 0 saturated heterocycles. The molecule has 4 heteroatoms. The first-order valence-electron chi connectivity index (χ1n) is 0. The van der Waals surface area contributed by atoms with Gasteiger partial charge in [0.2, 0.25) is 0 Å². The third-order valence-corrected chi connectivity index (χ3v) is 0. The van der Waals surface area contributed by atoms with Gasteiger partial charge in [-0.25, -0.2) is 0 Å². The molecule has 0 aliphatic rings. The first-order valence-corrected chi connectivity index (χ1v) is 0. The summed E-state index contributed by atoms with van der Waals surface area (Å²) in [5.41, 5.74) is 0. The summed E-state index contributed by atoms with van der Waals surface area (Å²) in [6, 6.07) is 0. The minimum absolute atomic E-state index is 0. The van der Waals surface area contributed by atoms with E-state index in [-0.39, 0.29) is 105 Å². The summed E-state index contributed by atoms with van der Waals surface area (Å²) in [4.78, 5) is 0. The van der Waals surface area contributed by atoms with Crippen molar-refractivity contribution in [1.29, 1.82) is 0 Å². The van der Waals surface area contributed by atoms with Crippen molar-refractivity contribution in [3.05, 3.63) is 0 Å². The van der Waals surface area contributed by atoms with Crippen molar-refractivity contribution in [2.45, 2.75) is 0 Å². The molecule has 0 aliphatic heterocycles. The van der Waals surface area contributed by atoms with E-state index in [1.54, 1.807) is 0 Å². The van der Waals surface area contributed by atoms with Crippen molar-refractivity contribution in [2.24, 2.45) is 0 Å². The van der Waals surface area contributed by atoms with Crippen LogP contribution in [0.3, 0.4) is 0 Å². The second kappa shape index (κ2) is 16.3. The summed E-state index contributed by atoms with van der Waals surface area (Å²) in [7, 11) is 0. The van der Waals surface area contributed by atoms with Crippen LogP contribution in [0.5, 0.6) is 0 Å². The molecule has 0 N–H and O–H groups in total. The predicted octanol–water partition coefficient (Wildman–Crippen LogP) is -8.99. The van der Waals surface area contributed by atoms with Gasteiger partial charge in [-0.05, 0) is 0 Å². The van der Waals surface area contributed by atoms with E-state index < -0.39 is 0 Å². The molecular weight excluding hydrogens is 470 g/mol. The molecule has 0 amide bonds. The van der Waals surface area contributed by atoms with Gasteiger partial charge in [0.05, 0.1) is 0 Å². The van der Waals surface area contributed by atoms with Crippen LogP contribution in [0.1, 0.15) is 0 Å². The second-order valence-corrected chi connectivity index (χ2v) is 0. The number of hydrogen-bond acceptors (Lipinski definition) is 0. The van der Waals surface area contributed by atoms with Gasteiger partial charge < -0.3 is 71.9 Å². The molecule has 0 aromatic carbocycles. The van der Waals surface area contributed by atoms with Gasteiger partial charge in [-0.3, -0.25) is 0 Å². The minimum atomic E-state index is 0. The van der Waals surface area contributed by atoms with Gasteiger partial charge in [0.15, 0.2) is 0 Å². The van der Waals surface area contributed by atoms with Crippen LogP contribution >= 0.6 is 0 Å². The number of rotatable bonds is 0.